The average Bonchev–Trinajstić information content (AvgIpc) is 2.68. The van der Waals surface area contributed by atoms with Crippen molar-refractivity contribution in [1.82, 2.24) is 15.7 Å². The number of alkyl carbamates (subject to hydrolysis) is 1. The van der Waals surface area contributed by atoms with Crippen molar-refractivity contribution < 1.29 is 24.3 Å². The average molecular weight is 450 g/mol. The Morgan fingerprint density at radius 2 is 1.62 bits per heavy atom. The van der Waals surface area contributed by atoms with Gasteiger partial charge in [0.25, 0.3) is 5.91 Å². The van der Waals surface area contributed by atoms with Gasteiger partial charge in [-0.15, -0.1) is 0 Å². The predicted molar refractivity (Wildman–Crippen MR) is 123 cm³/mol. The van der Waals surface area contributed by atoms with Crippen LogP contribution in [0.2, 0.25) is 0 Å². The third kappa shape index (κ3) is 10.1. The zero-order chi connectivity index (χ0) is 24.5. The zero-order valence-corrected chi connectivity index (χ0v) is 20.3. The molecule has 0 aliphatic heterocycles. The van der Waals surface area contributed by atoms with Gasteiger partial charge in [0.1, 0.15) is 17.7 Å². The Hall–Kier alpha value is -2.61. The molecule has 0 aliphatic rings. The standard InChI is InChI=1S/C24H39N3O5/c1-16(2)15-19(22(29)27(31)14-13-18-11-9-8-10-12-18)25-21(28)20(17(3)4)26-23(30)32-24(5,6)7/h8-12,16-17,19-20,31H,13-15H2,1-7H3,(H,25,28)(H,26,30)/t19-,20+/m1/s1. The van der Waals surface area contributed by atoms with E-state index in [9.17, 15) is 19.6 Å². The number of ether oxygens (including phenoxy) is 1. The van der Waals surface area contributed by atoms with Gasteiger partial charge in [0, 0.05) is 0 Å². The molecule has 0 saturated heterocycles. The Morgan fingerprint density at radius 1 is 1.03 bits per heavy atom. The van der Waals surface area contributed by atoms with Gasteiger partial charge in [-0.3, -0.25) is 14.8 Å². The lowest BCUT2D eigenvalue weighted by atomic mass is 10.00. The Bertz CT molecular complexity index is 744. The lowest BCUT2D eigenvalue weighted by molar-refractivity contribution is -0.168. The van der Waals surface area contributed by atoms with Crippen LogP contribution in [0.25, 0.3) is 0 Å². The van der Waals surface area contributed by atoms with E-state index in [1.165, 1.54) is 0 Å². The Kier molecular flexibility index (Phi) is 10.7. The van der Waals surface area contributed by atoms with Gasteiger partial charge in [0.05, 0.1) is 6.54 Å². The second-order valence-electron chi connectivity index (χ2n) is 9.76. The monoisotopic (exact) mass is 449 g/mol. The van der Waals surface area contributed by atoms with E-state index in [1.807, 2.05) is 44.2 Å². The second-order valence-corrected chi connectivity index (χ2v) is 9.76. The summed E-state index contributed by atoms with van der Waals surface area (Å²) in [6.45, 7) is 12.8. The van der Waals surface area contributed by atoms with Gasteiger partial charge in [0.15, 0.2) is 0 Å². The molecule has 3 amide bonds. The minimum absolute atomic E-state index is 0.100. The number of carbonyl (C=O) groups excluding carboxylic acids is 3. The highest BCUT2D eigenvalue weighted by atomic mass is 16.6. The van der Waals surface area contributed by atoms with E-state index in [-0.39, 0.29) is 18.4 Å². The highest BCUT2D eigenvalue weighted by Gasteiger charge is 2.32. The molecule has 3 N–H and O–H groups in total. The van der Waals surface area contributed by atoms with Crippen LogP contribution in [0.5, 0.6) is 0 Å². The molecule has 0 spiro atoms. The Morgan fingerprint density at radius 3 is 2.12 bits per heavy atom. The molecular weight excluding hydrogens is 410 g/mol. The topological polar surface area (TPSA) is 108 Å². The van der Waals surface area contributed by atoms with Crippen LogP contribution < -0.4 is 10.6 Å². The molecule has 0 heterocycles. The van der Waals surface area contributed by atoms with Crippen LogP contribution in [0, 0.1) is 11.8 Å². The summed E-state index contributed by atoms with van der Waals surface area (Å²) in [6, 6.07) is 7.72. The van der Waals surface area contributed by atoms with Crippen LogP contribution in [-0.2, 0) is 20.7 Å². The van der Waals surface area contributed by atoms with Crippen molar-refractivity contribution in [2.75, 3.05) is 6.54 Å². The fraction of sp³-hybridized carbons (Fsp3) is 0.625. The smallest absolute Gasteiger partial charge is 0.408 e. The summed E-state index contributed by atoms with van der Waals surface area (Å²) in [6.07, 6.45) is 0.134. The third-order valence-corrected chi connectivity index (χ3v) is 4.65. The molecule has 2 atom stereocenters. The van der Waals surface area contributed by atoms with Gasteiger partial charge in [-0.05, 0) is 51.0 Å². The molecular formula is C24H39N3O5. The van der Waals surface area contributed by atoms with E-state index in [0.29, 0.717) is 17.9 Å². The number of hydrogen-bond donors (Lipinski definition) is 3. The molecule has 0 aromatic heterocycles. The first-order chi connectivity index (χ1) is 14.8. The fourth-order valence-electron chi connectivity index (χ4n) is 3.09. The Balaban J connectivity index is 2.84. The number of carbonyl (C=O) groups is 3. The summed E-state index contributed by atoms with van der Waals surface area (Å²) in [7, 11) is 0. The van der Waals surface area contributed by atoms with E-state index < -0.39 is 35.6 Å². The van der Waals surface area contributed by atoms with Gasteiger partial charge < -0.3 is 15.4 Å². The summed E-state index contributed by atoms with van der Waals surface area (Å²) in [5.74, 6) is -1.22. The zero-order valence-electron chi connectivity index (χ0n) is 20.3. The van der Waals surface area contributed by atoms with Crippen molar-refractivity contribution in [2.45, 2.75) is 79.0 Å². The van der Waals surface area contributed by atoms with Gasteiger partial charge in [0.2, 0.25) is 5.91 Å². The molecule has 0 bridgehead atoms. The number of hydroxylamine groups is 2. The SMILES string of the molecule is CC(C)C[C@@H](NC(=O)[C@@H](NC(=O)OC(C)(C)C)C(C)C)C(=O)N(O)CCc1ccccc1. The van der Waals surface area contributed by atoms with E-state index in [4.69, 9.17) is 4.74 Å². The van der Waals surface area contributed by atoms with Crippen LogP contribution in [0.4, 0.5) is 4.79 Å². The molecule has 0 saturated carbocycles. The van der Waals surface area contributed by atoms with Crippen molar-refractivity contribution >= 4 is 17.9 Å². The van der Waals surface area contributed by atoms with Gasteiger partial charge in [-0.1, -0.05) is 58.0 Å². The number of nitrogens with zero attached hydrogens (tertiary/aromatic N) is 1. The van der Waals surface area contributed by atoms with Crippen molar-refractivity contribution in [3.8, 4) is 0 Å². The van der Waals surface area contributed by atoms with Crippen molar-refractivity contribution in [2.24, 2.45) is 11.8 Å². The second kappa shape index (κ2) is 12.4. The molecule has 180 valence electrons. The van der Waals surface area contributed by atoms with Crippen molar-refractivity contribution in [3.05, 3.63) is 35.9 Å². The van der Waals surface area contributed by atoms with Crippen LogP contribution in [0.1, 0.15) is 60.5 Å². The van der Waals surface area contributed by atoms with Gasteiger partial charge in [-0.25, -0.2) is 9.86 Å². The third-order valence-electron chi connectivity index (χ3n) is 4.65. The molecule has 1 aromatic rings. The lowest BCUT2D eigenvalue weighted by Crippen LogP contribution is -2.56. The molecule has 0 radical (unpaired) electrons. The maximum atomic E-state index is 13.0. The number of rotatable bonds is 10. The van der Waals surface area contributed by atoms with Crippen molar-refractivity contribution in [1.29, 1.82) is 0 Å². The minimum atomic E-state index is -0.912. The van der Waals surface area contributed by atoms with Gasteiger partial charge >= 0.3 is 6.09 Å². The normalized spacial score (nSPS) is 13.4. The molecule has 0 unspecified atom stereocenters. The maximum absolute atomic E-state index is 13.0. The number of benzene rings is 1. The van der Waals surface area contributed by atoms with Crippen LogP contribution in [0.3, 0.4) is 0 Å². The minimum Gasteiger partial charge on any atom is -0.444 e. The van der Waals surface area contributed by atoms with Crippen molar-refractivity contribution in [3.63, 3.8) is 0 Å². The number of amides is 3. The van der Waals surface area contributed by atoms with E-state index in [1.54, 1.807) is 34.6 Å². The Labute approximate surface area is 191 Å². The fourth-order valence-corrected chi connectivity index (χ4v) is 3.09. The maximum Gasteiger partial charge on any atom is 0.408 e. The summed E-state index contributed by atoms with van der Waals surface area (Å²) in [4.78, 5) is 38.0. The molecule has 8 nitrogen and oxygen atoms in total. The number of nitrogens with one attached hydrogen (secondary N) is 2. The molecule has 0 aliphatic carbocycles. The first-order valence-electron chi connectivity index (χ1n) is 11.1. The van der Waals surface area contributed by atoms with Crippen LogP contribution in [-0.4, -0.2) is 52.4 Å². The van der Waals surface area contributed by atoms with E-state index in [0.717, 1.165) is 5.56 Å². The van der Waals surface area contributed by atoms with Crippen LogP contribution in [0.15, 0.2) is 30.3 Å². The summed E-state index contributed by atoms with van der Waals surface area (Å²) in [5.41, 5.74) is 0.291. The molecule has 0 fully saturated rings. The molecule has 1 aromatic carbocycles. The first-order valence-corrected chi connectivity index (χ1v) is 11.1. The lowest BCUT2D eigenvalue weighted by Gasteiger charge is -2.28. The predicted octanol–water partition coefficient (Wildman–Crippen LogP) is 3.53. The first kappa shape index (κ1) is 27.4. The molecule has 1 rings (SSSR count). The number of hydrogen-bond acceptors (Lipinski definition) is 5. The highest BCUT2D eigenvalue weighted by Crippen LogP contribution is 2.12. The molecule has 8 heteroatoms. The van der Waals surface area contributed by atoms with Gasteiger partial charge in [-0.2, -0.15) is 0 Å². The van der Waals surface area contributed by atoms with E-state index >= 15 is 0 Å². The summed E-state index contributed by atoms with van der Waals surface area (Å²) < 4.78 is 5.25. The van der Waals surface area contributed by atoms with E-state index in [2.05, 4.69) is 10.6 Å². The summed E-state index contributed by atoms with van der Waals surface area (Å²) in [5, 5.41) is 16.3. The highest BCUT2D eigenvalue weighted by molar-refractivity contribution is 5.91. The quantitative estimate of drug-likeness (QED) is 0.374. The van der Waals surface area contributed by atoms with Crippen LogP contribution >= 0.6 is 0 Å². The molecule has 32 heavy (non-hydrogen) atoms. The summed E-state index contributed by atoms with van der Waals surface area (Å²) >= 11 is 0. The largest absolute Gasteiger partial charge is 0.444 e.